The summed E-state index contributed by atoms with van der Waals surface area (Å²) in [6, 6.07) is 1.34. The maximum atomic E-state index is 13.4. The molecule has 0 radical (unpaired) electrons. The van der Waals surface area contributed by atoms with Crippen LogP contribution in [-0.4, -0.2) is 9.55 Å². The highest BCUT2D eigenvalue weighted by atomic mass is 19.2. The van der Waals surface area contributed by atoms with Crippen LogP contribution < -0.4 is 5.32 Å². The van der Waals surface area contributed by atoms with Gasteiger partial charge in [0.05, 0.1) is 24.3 Å². The van der Waals surface area contributed by atoms with E-state index in [-0.39, 0.29) is 5.69 Å². The summed E-state index contributed by atoms with van der Waals surface area (Å²) in [6.07, 6.45) is 4.28. The lowest BCUT2D eigenvalue weighted by Gasteiger charge is -2.10. The Labute approximate surface area is 109 Å². The Hall–Kier alpha value is -1.98. The molecule has 0 unspecified atom stereocenters. The highest BCUT2D eigenvalue weighted by Crippen LogP contribution is 2.19. The molecule has 6 heteroatoms. The van der Waals surface area contributed by atoms with E-state index in [1.165, 1.54) is 0 Å². The molecule has 1 N–H and O–H groups in total. The second-order valence-electron chi connectivity index (χ2n) is 4.18. The van der Waals surface area contributed by atoms with Crippen LogP contribution in [0.3, 0.4) is 0 Å². The van der Waals surface area contributed by atoms with Crippen LogP contribution in [0.5, 0.6) is 0 Å². The quantitative estimate of drug-likeness (QED) is 0.844. The number of hydrogen-bond donors (Lipinski definition) is 1. The molecule has 0 bridgehead atoms. The van der Waals surface area contributed by atoms with E-state index < -0.39 is 17.5 Å². The normalized spacial score (nSPS) is 10.7. The Kier molecular flexibility index (Phi) is 4.09. The molecule has 0 aliphatic rings. The van der Waals surface area contributed by atoms with Crippen LogP contribution in [0.1, 0.15) is 19.0 Å². The second-order valence-corrected chi connectivity index (χ2v) is 4.18. The summed E-state index contributed by atoms with van der Waals surface area (Å²) in [5, 5.41) is 2.74. The Morgan fingerprint density at radius 2 is 1.89 bits per heavy atom. The number of aromatic nitrogens is 2. The van der Waals surface area contributed by atoms with Crippen LogP contribution in [-0.2, 0) is 13.1 Å². The summed E-state index contributed by atoms with van der Waals surface area (Å²) >= 11 is 0. The molecule has 0 aliphatic carbocycles. The fourth-order valence-electron chi connectivity index (χ4n) is 1.78. The van der Waals surface area contributed by atoms with E-state index in [4.69, 9.17) is 0 Å². The van der Waals surface area contributed by atoms with E-state index in [9.17, 15) is 13.2 Å². The topological polar surface area (TPSA) is 29.9 Å². The lowest BCUT2D eigenvalue weighted by atomic mass is 10.2. The highest BCUT2D eigenvalue weighted by molar-refractivity contribution is 5.45. The Morgan fingerprint density at radius 3 is 2.63 bits per heavy atom. The molecule has 0 saturated carbocycles. The van der Waals surface area contributed by atoms with Crippen molar-refractivity contribution in [3.05, 3.63) is 47.8 Å². The second kappa shape index (κ2) is 5.77. The molecule has 3 nitrogen and oxygen atoms in total. The lowest BCUT2D eigenvalue weighted by molar-refractivity contribution is 0.496. The largest absolute Gasteiger partial charge is 0.377 e. The molecule has 0 saturated heterocycles. The van der Waals surface area contributed by atoms with Crippen molar-refractivity contribution >= 4 is 5.69 Å². The molecule has 1 aromatic heterocycles. The Balaban J connectivity index is 2.10. The fraction of sp³-hybridized carbons (Fsp3) is 0.308. The molecule has 0 atom stereocenters. The molecular weight excluding hydrogens is 255 g/mol. The molecule has 1 aromatic carbocycles. The van der Waals surface area contributed by atoms with Crippen molar-refractivity contribution in [1.29, 1.82) is 0 Å². The van der Waals surface area contributed by atoms with Gasteiger partial charge in [-0.25, -0.2) is 18.2 Å². The number of halogens is 3. The van der Waals surface area contributed by atoms with Crippen molar-refractivity contribution in [1.82, 2.24) is 9.55 Å². The third-order valence-corrected chi connectivity index (χ3v) is 2.73. The zero-order chi connectivity index (χ0) is 13.8. The SMILES string of the molecule is CCCn1cncc1CNc1cc(F)c(F)cc1F. The predicted octanol–water partition coefficient (Wildman–Crippen LogP) is 3.32. The first-order valence-corrected chi connectivity index (χ1v) is 5.99. The van der Waals surface area contributed by atoms with Gasteiger partial charge < -0.3 is 9.88 Å². The monoisotopic (exact) mass is 269 g/mol. The van der Waals surface area contributed by atoms with Crippen molar-refractivity contribution in [2.24, 2.45) is 0 Å². The minimum Gasteiger partial charge on any atom is -0.377 e. The van der Waals surface area contributed by atoms with Gasteiger partial charge in [0, 0.05) is 24.9 Å². The van der Waals surface area contributed by atoms with Gasteiger partial charge >= 0.3 is 0 Å². The third kappa shape index (κ3) is 3.07. The van der Waals surface area contributed by atoms with Gasteiger partial charge in [-0.05, 0) is 6.42 Å². The van der Waals surface area contributed by atoms with Gasteiger partial charge in [-0.1, -0.05) is 6.92 Å². The van der Waals surface area contributed by atoms with Crippen molar-refractivity contribution in [3.8, 4) is 0 Å². The average molecular weight is 269 g/mol. The van der Waals surface area contributed by atoms with Crippen molar-refractivity contribution in [2.45, 2.75) is 26.4 Å². The number of rotatable bonds is 5. The number of aryl methyl sites for hydroxylation is 1. The van der Waals surface area contributed by atoms with Gasteiger partial charge in [0.15, 0.2) is 11.6 Å². The van der Waals surface area contributed by atoms with Crippen LogP contribution in [0, 0.1) is 17.5 Å². The van der Waals surface area contributed by atoms with E-state index in [2.05, 4.69) is 10.3 Å². The number of imidazole rings is 1. The molecule has 0 spiro atoms. The fourth-order valence-corrected chi connectivity index (χ4v) is 1.78. The molecule has 2 aromatic rings. The summed E-state index contributed by atoms with van der Waals surface area (Å²) < 4.78 is 41.1. The minimum absolute atomic E-state index is 0.0665. The minimum atomic E-state index is -1.20. The first kappa shape index (κ1) is 13.5. The van der Waals surface area contributed by atoms with Gasteiger partial charge in [-0.15, -0.1) is 0 Å². The van der Waals surface area contributed by atoms with Crippen LogP contribution in [0.2, 0.25) is 0 Å². The summed E-state index contributed by atoms with van der Waals surface area (Å²) in [7, 11) is 0. The first-order chi connectivity index (χ1) is 9.11. The molecule has 1 heterocycles. The maximum absolute atomic E-state index is 13.4. The molecule has 0 fully saturated rings. The third-order valence-electron chi connectivity index (χ3n) is 2.73. The number of anilines is 1. The van der Waals surface area contributed by atoms with Crippen LogP contribution in [0.25, 0.3) is 0 Å². The van der Waals surface area contributed by atoms with Crippen molar-refractivity contribution in [2.75, 3.05) is 5.32 Å². The van der Waals surface area contributed by atoms with Crippen LogP contribution in [0.4, 0.5) is 18.9 Å². The van der Waals surface area contributed by atoms with E-state index in [0.717, 1.165) is 24.7 Å². The van der Waals surface area contributed by atoms with Gasteiger partial charge in [0.25, 0.3) is 0 Å². The molecular formula is C13H14F3N3. The van der Waals surface area contributed by atoms with E-state index >= 15 is 0 Å². The zero-order valence-corrected chi connectivity index (χ0v) is 10.5. The van der Waals surface area contributed by atoms with Gasteiger partial charge in [0.2, 0.25) is 0 Å². The standard InChI is InChI=1S/C13H14F3N3/c1-2-3-19-8-17-6-9(19)7-18-13-5-11(15)10(14)4-12(13)16/h4-6,8,18H,2-3,7H2,1H3. The molecule has 2 rings (SSSR count). The average Bonchev–Trinajstić information content (AvgIpc) is 2.80. The van der Waals surface area contributed by atoms with E-state index in [1.807, 2.05) is 11.5 Å². The number of benzene rings is 1. The van der Waals surface area contributed by atoms with Gasteiger partial charge in [-0.2, -0.15) is 0 Å². The van der Waals surface area contributed by atoms with E-state index in [1.54, 1.807) is 12.5 Å². The predicted molar refractivity (Wildman–Crippen MR) is 66.2 cm³/mol. The van der Waals surface area contributed by atoms with E-state index in [0.29, 0.717) is 12.6 Å². The van der Waals surface area contributed by atoms with Crippen LogP contribution >= 0.6 is 0 Å². The van der Waals surface area contributed by atoms with Crippen molar-refractivity contribution < 1.29 is 13.2 Å². The van der Waals surface area contributed by atoms with Gasteiger partial charge in [-0.3, -0.25) is 0 Å². The summed E-state index contributed by atoms with van der Waals surface area (Å²) in [4.78, 5) is 4.00. The number of nitrogens with zero attached hydrogens (tertiary/aromatic N) is 2. The molecule has 102 valence electrons. The summed E-state index contributed by atoms with van der Waals surface area (Å²) in [5.41, 5.74) is 0.786. The number of nitrogens with one attached hydrogen (secondary N) is 1. The number of hydrogen-bond acceptors (Lipinski definition) is 2. The zero-order valence-electron chi connectivity index (χ0n) is 10.5. The Morgan fingerprint density at radius 1 is 1.16 bits per heavy atom. The van der Waals surface area contributed by atoms with Gasteiger partial charge in [0.1, 0.15) is 5.82 Å². The highest BCUT2D eigenvalue weighted by Gasteiger charge is 2.10. The first-order valence-electron chi connectivity index (χ1n) is 5.99. The molecule has 19 heavy (non-hydrogen) atoms. The van der Waals surface area contributed by atoms with Crippen molar-refractivity contribution in [3.63, 3.8) is 0 Å². The maximum Gasteiger partial charge on any atom is 0.161 e. The summed E-state index contributed by atoms with van der Waals surface area (Å²) in [6.45, 7) is 3.13. The summed E-state index contributed by atoms with van der Waals surface area (Å²) in [5.74, 6) is -3.09. The molecule has 0 aliphatic heterocycles. The molecule has 0 amide bonds. The van der Waals surface area contributed by atoms with Crippen LogP contribution in [0.15, 0.2) is 24.7 Å². The smallest absolute Gasteiger partial charge is 0.161 e. The Bertz CT molecular complexity index is 566. The lowest BCUT2D eigenvalue weighted by Crippen LogP contribution is -2.08.